The lowest BCUT2D eigenvalue weighted by molar-refractivity contribution is 0.0578. The molecule has 2 aromatic carbocycles. The minimum absolute atomic E-state index is 0.0394. The zero-order valence-corrected chi connectivity index (χ0v) is 22.5. The van der Waals surface area contributed by atoms with Crippen molar-refractivity contribution in [2.24, 2.45) is 4.99 Å². The summed E-state index contributed by atoms with van der Waals surface area (Å²) < 4.78 is 10.9. The summed E-state index contributed by atoms with van der Waals surface area (Å²) in [7, 11) is 0. The number of ether oxygens (including phenoxy) is 1. The summed E-state index contributed by atoms with van der Waals surface area (Å²) in [4.78, 5) is 36.3. The Bertz CT molecular complexity index is 1320. The molecule has 0 spiro atoms. The van der Waals surface area contributed by atoms with Crippen LogP contribution in [0.4, 0.5) is 9.59 Å². The monoisotopic (exact) mass is 519 g/mol. The number of nitrogens with zero attached hydrogens (tertiary/aromatic N) is 5. The molecule has 1 aliphatic heterocycles. The summed E-state index contributed by atoms with van der Waals surface area (Å²) in [5.41, 5.74) is 1.30. The first-order valence-electron chi connectivity index (χ1n) is 12.4. The molecule has 0 radical (unpaired) electrons. The number of hydrogen-bond acceptors (Lipinski definition) is 6. The lowest BCUT2D eigenvalue weighted by Gasteiger charge is -2.45. The SMILES string of the molecule is CC(C)(C)OC(=O)N=C(N1CC[C@H]1c1nc(-c2ccc(-c3ccccc3)cc2)no1)N(C(=O)O)C(C)(C)C. The number of guanidine groups is 1. The summed E-state index contributed by atoms with van der Waals surface area (Å²) in [5.74, 6) is 0.694. The molecule has 10 heteroatoms. The molecule has 1 saturated heterocycles. The number of likely N-dealkylation sites (tertiary alicyclic amines) is 1. The summed E-state index contributed by atoms with van der Waals surface area (Å²) >= 11 is 0. The third kappa shape index (κ3) is 6.01. The van der Waals surface area contributed by atoms with Crippen LogP contribution >= 0.6 is 0 Å². The van der Waals surface area contributed by atoms with E-state index in [4.69, 9.17) is 9.26 Å². The fourth-order valence-corrected chi connectivity index (χ4v) is 4.10. The smallest absolute Gasteiger partial charge is 0.437 e. The van der Waals surface area contributed by atoms with Crippen LogP contribution in [0.1, 0.15) is 59.9 Å². The van der Waals surface area contributed by atoms with E-state index < -0.39 is 29.4 Å². The fourth-order valence-electron chi connectivity index (χ4n) is 4.10. The van der Waals surface area contributed by atoms with E-state index in [0.717, 1.165) is 21.6 Å². The number of aromatic nitrogens is 2. The quantitative estimate of drug-likeness (QED) is 0.320. The van der Waals surface area contributed by atoms with Crippen molar-refractivity contribution < 1.29 is 24.0 Å². The van der Waals surface area contributed by atoms with Gasteiger partial charge in [-0.05, 0) is 59.1 Å². The summed E-state index contributed by atoms with van der Waals surface area (Å²) in [6, 6.07) is 17.4. The van der Waals surface area contributed by atoms with Crippen LogP contribution in [0.25, 0.3) is 22.5 Å². The fraction of sp³-hybridized carbons (Fsp3) is 0.393. The highest BCUT2D eigenvalue weighted by molar-refractivity contribution is 5.99. The molecule has 4 rings (SSSR count). The lowest BCUT2D eigenvalue weighted by Crippen LogP contribution is -2.59. The molecule has 1 N–H and O–H groups in total. The second kappa shape index (κ2) is 10.3. The van der Waals surface area contributed by atoms with Gasteiger partial charge in [0.1, 0.15) is 11.6 Å². The normalized spacial score (nSPS) is 16.1. The molecule has 38 heavy (non-hydrogen) atoms. The number of benzene rings is 2. The Morgan fingerprint density at radius 1 is 1.00 bits per heavy atom. The molecule has 2 heterocycles. The number of carbonyl (C=O) groups excluding carboxylic acids is 1. The van der Waals surface area contributed by atoms with Gasteiger partial charge in [-0.15, -0.1) is 4.99 Å². The third-order valence-electron chi connectivity index (χ3n) is 5.90. The van der Waals surface area contributed by atoms with Gasteiger partial charge in [-0.25, -0.2) is 14.5 Å². The van der Waals surface area contributed by atoms with E-state index >= 15 is 0 Å². The van der Waals surface area contributed by atoms with Crippen LogP contribution in [0.5, 0.6) is 0 Å². The topological polar surface area (TPSA) is 121 Å². The van der Waals surface area contributed by atoms with E-state index in [1.807, 2.05) is 54.6 Å². The minimum Gasteiger partial charge on any atom is -0.465 e. The largest absolute Gasteiger partial charge is 0.465 e. The van der Waals surface area contributed by atoms with Crippen molar-refractivity contribution in [3.8, 4) is 22.5 Å². The van der Waals surface area contributed by atoms with Crippen molar-refractivity contribution in [1.82, 2.24) is 19.9 Å². The zero-order valence-electron chi connectivity index (χ0n) is 22.5. The van der Waals surface area contributed by atoms with Crippen molar-refractivity contribution in [2.75, 3.05) is 6.54 Å². The average molecular weight is 520 g/mol. The Morgan fingerprint density at radius 3 is 2.13 bits per heavy atom. The Kier molecular flexibility index (Phi) is 7.26. The maximum atomic E-state index is 12.6. The van der Waals surface area contributed by atoms with Gasteiger partial charge in [0.2, 0.25) is 17.7 Å². The van der Waals surface area contributed by atoms with Gasteiger partial charge in [0.25, 0.3) is 0 Å². The van der Waals surface area contributed by atoms with Gasteiger partial charge in [0.05, 0.1) is 0 Å². The minimum atomic E-state index is -1.24. The molecule has 0 bridgehead atoms. The second-order valence-electron chi connectivity index (χ2n) is 11.1. The van der Waals surface area contributed by atoms with Crippen LogP contribution in [0.15, 0.2) is 64.1 Å². The van der Waals surface area contributed by atoms with E-state index in [1.165, 1.54) is 0 Å². The van der Waals surface area contributed by atoms with Gasteiger partial charge in [-0.2, -0.15) is 4.98 Å². The molecule has 1 aliphatic rings. The maximum Gasteiger partial charge on any atom is 0.437 e. The summed E-state index contributed by atoms with van der Waals surface area (Å²) in [5, 5.41) is 14.2. The number of rotatable bonds is 3. The number of hydrogen-bond donors (Lipinski definition) is 1. The number of amides is 2. The maximum absolute atomic E-state index is 12.6. The summed E-state index contributed by atoms with van der Waals surface area (Å²) in [6.07, 6.45) is -1.49. The van der Waals surface area contributed by atoms with Crippen molar-refractivity contribution in [3.05, 3.63) is 60.5 Å². The standard InChI is InChI=1S/C28H33N5O5/c1-27(2,3)33(26(35)36)24(30-25(34)37-28(4,5)6)32-17-16-21(32)23-29-22(31-38-23)20-14-12-19(13-15-20)18-10-8-7-9-11-18/h7-15,21H,16-17H2,1-6H3,(H,35,36)/t21-/m0/s1. The average Bonchev–Trinajstić information content (AvgIpc) is 3.26. The van der Waals surface area contributed by atoms with Gasteiger partial charge in [0.15, 0.2) is 0 Å². The van der Waals surface area contributed by atoms with Gasteiger partial charge < -0.3 is 19.3 Å². The predicted molar refractivity (Wildman–Crippen MR) is 143 cm³/mol. The number of carbonyl (C=O) groups is 2. The van der Waals surface area contributed by atoms with E-state index in [2.05, 4.69) is 15.1 Å². The van der Waals surface area contributed by atoms with Crippen LogP contribution < -0.4 is 0 Å². The van der Waals surface area contributed by atoms with E-state index in [0.29, 0.717) is 24.7 Å². The molecule has 200 valence electrons. The molecule has 1 fully saturated rings. The number of aliphatic imine (C=N–C) groups is 1. The first-order chi connectivity index (χ1) is 17.8. The number of carboxylic acid groups (broad SMARTS) is 1. The van der Waals surface area contributed by atoms with Crippen molar-refractivity contribution in [2.45, 2.75) is 65.1 Å². The molecular formula is C28H33N5O5. The predicted octanol–water partition coefficient (Wildman–Crippen LogP) is 6.22. The molecule has 10 nitrogen and oxygen atoms in total. The van der Waals surface area contributed by atoms with Gasteiger partial charge >= 0.3 is 12.2 Å². The highest BCUT2D eigenvalue weighted by Gasteiger charge is 2.43. The van der Waals surface area contributed by atoms with Gasteiger partial charge in [0, 0.05) is 17.6 Å². The summed E-state index contributed by atoms with van der Waals surface area (Å²) in [6.45, 7) is 10.8. The first-order valence-corrected chi connectivity index (χ1v) is 12.4. The van der Waals surface area contributed by atoms with Crippen molar-refractivity contribution >= 4 is 18.1 Å². The molecule has 0 saturated carbocycles. The van der Waals surface area contributed by atoms with Crippen molar-refractivity contribution in [3.63, 3.8) is 0 Å². The van der Waals surface area contributed by atoms with Crippen LogP contribution in [0, 0.1) is 0 Å². The lowest BCUT2D eigenvalue weighted by atomic mass is 10.0. The molecule has 1 atom stereocenters. The Morgan fingerprint density at radius 2 is 1.61 bits per heavy atom. The van der Waals surface area contributed by atoms with Crippen LogP contribution in [0.3, 0.4) is 0 Å². The van der Waals surface area contributed by atoms with E-state index in [9.17, 15) is 14.7 Å². The molecule has 0 unspecified atom stereocenters. The molecule has 3 aromatic rings. The second-order valence-corrected chi connectivity index (χ2v) is 11.1. The zero-order chi connectivity index (χ0) is 27.7. The first kappa shape index (κ1) is 26.8. The Labute approximate surface area is 221 Å². The van der Waals surface area contributed by atoms with E-state index in [1.54, 1.807) is 46.4 Å². The Balaban J connectivity index is 1.61. The van der Waals surface area contributed by atoms with Crippen LogP contribution in [-0.2, 0) is 4.74 Å². The molecule has 2 amide bonds. The van der Waals surface area contributed by atoms with Crippen LogP contribution in [0.2, 0.25) is 0 Å². The molecule has 1 aromatic heterocycles. The van der Waals surface area contributed by atoms with Crippen molar-refractivity contribution in [1.29, 1.82) is 0 Å². The van der Waals surface area contributed by atoms with Crippen LogP contribution in [-0.4, -0.2) is 60.9 Å². The highest BCUT2D eigenvalue weighted by Crippen LogP contribution is 2.36. The highest BCUT2D eigenvalue weighted by atomic mass is 16.6. The molecular weight excluding hydrogens is 486 g/mol. The Hall–Kier alpha value is -4.21. The third-order valence-corrected chi connectivity index (χ3v) is 5.90. The van der Waals surface area contributed by atoms with E-state index in [-0.39, 0.29) is 5.96 Å². The molecule has 0 aliphatic carbocycles. The van der Waals surface area contributed by atoms with Gasteiger partial charge in [-0.1, -0.05) is 59.8 Å². The van der Waals surface area contributed by atoms with Gasteiger partial charge in [-0.3, -0.25) is 0 Å².